The Morgan fingerprint density at radius 1 is 1.04 bits per heavy atom. The van der Waals surface area contributed by atoms with Crippen LogP contribution in [0.25, 0.3) is 0 Å². The summed E-state index contributed by atoms with van der Waals surface area (Å²) in [5, 5.41) is 3.31. The van der Waals surface area contributed by atoms with Crippen molar-refractivity contribution in [2.45, 2.75) is 47.9 Å². The number of nitrogens with one attached hydrogen (secondary N) is 3. The van der Waals surface area contributed by atoms with Gasteiger partial charge in [0.25, 0.3) is 0 Å². The predicted octanol–water partition coefficient (Wildman–Crippen LogP) is 0.795. The lowest BCUT2D eigenvalue weighted by atomic mass is 9.96. The van der Waals surface area contributed by atoms with Crippen LogP contribution in [0.15, 0.2) is 34.1 Å². The molecule has 1 aliphatic heterocycles. The molecule has 1 saturated carbocycles. The van der Waals surface area contributed by atoms with Gasteiger partial charge in [-0.3, -0.25) is 0 Å². The number of rotatable bonds is 8. The van der Waals surface area contributed by atoms with Crippen LogP contribution in [0, 0.1) is 5.92 Å². The van der Waals surface area contributed by atoms with Gasteiger partial charge in [-0.2, -0.15) is 0 Å². The Kier molecular flexibility index (Phi) is 5.79. The minimum Gasteiger partial charge on any atom is -0.316 e. The molecule has 1 atom stereocenters. The predicted molar refractivity (Wildman–Crippen MR) is 95.2 cm³/mol. The summed E-state index contributed by atoms with van der Waals surface area (Å²) in [6.45, 7) is 2.30. The third-order valence-electron chi connectivity index (χ3n) is 4.57. The van der Waals surface area contributed by atoms with Crippen LogP contribution in [0.2, 0.25) is 0 Å². The molecule has 140 valence electrons. The second-order valence-corrected chi connectivity index (χ2v) is 10.3. The van der Waals surface area contributed by atoms with E-state index in [2.05, 4.69) is 14.8 Å². The van der Waals surface area contributed by atoms with Crippen molar-refractivity contribution in [2.75, 3.05) is 19.6 Å². The molecule has 7 nitrogen and oxygen atoms in total. The molecule has 1 aromatic carbocycles. The lowest BCUT2D eigenvalue weighted by Gasteiger charge is -2.22. The maximum Gasteiger partial charge on any atom is 0.240 e. The van der Waals surface area contributed by atoms with E-state index < -0.39 is 20.0 Å². The van der Waals surface area contributed by atoms with Crippen LogP contribution in [0.1, 0.15) is 32.1 Å². The summed E-state index contributed by atoms with van der Waals surface area (Å²) in [5.74, 6) is 0.478. The van der Waals surface area contributed by atoms with E-state index in [1.165, 1.54) is 24.3 Å². The van der Waals surface area contributed by atoms with E-state index in [0.717, 1.165) is 45.2 Å². The van der Waals surface area contributed by atoms with Crippen molar-refractivity contribution < 1.29 is 16.8 Å². The average Bonchev–Trinajstić information content (AvgIpc) is 3.39. The SMILES string of the molecule is O=S(=O)(NCCC1CCCNC1)c1cccc(S(=O)(=O)NC2CC2)c1. The number of piperidine rings is 1. The van der Waals surface area contributed by atoms with Gasteiger partial charge < -0.3 is 5.32 Å². The first-order chi connectivity index (χ1) is 11.9. The van der Waals surface area contributed by atoms with Crippen LogP contribution >= 0.6 is 0 Å². The van der Waals surface area contributed by atoms with Gasteiger partial charge >= 0.3 is 0 Å². The maximum absolute atomic E-state index is 12.4. The Morgan fingerprint density at radius 3 is 2.40 bits per heavy atom. The lowest BCUT2D eigenvalue weighted by molar-refractivity contribution is 0.358. The van der Waals surface area contributed by atoms with Gasteiger partial charge in [0.1, 0.15) is 0 Å². The quantitative estimate of drug-likeness (QED) is 0.612. The van der Waals surface area contributed by atoms with Crippen molar-refractivity contribution in [3.05, 3.63) is 24.3 Å². The molecule has 25 heavy (non-hydrogen) atoms. The van der Waals surface area contributed by atoms with Crippen LogP contribution in [-0.2, 0) is 20.0 Å². The molecular weight excluding hydrogens is 362 g/mol. The third-order valence-corrected chi connectivity index (χ3v) is 7.55. The van der Waals surface area contributed by atoms with Crippen molar-refractivity contribution in [2.24, 2.45) is 5.92 Å². The van der Waals surface area contributed by atoms with Crippen molar-refractivity contribution in [1.29, 1.82) is 0 Å². The Balaban J connectivity index is 1.64. The van der Waals surface area contributed by atoms with Gasteiger partial charge in [0, 0.05) is 12.6 Å². The van der Waals surface area contributed by atoms with E-state index in [9.17, 15) is 16.8 Å². The molecule has 0 aromatic heterocycles. The molecule has 3 N–H and O–H groups in total. The summed E-state index contributed by atoms with van der Waals surface area (Å²) in [7, 11) is -7.39. The van der Waals surface area contributed by atoms with Crippen LogP contribution in [0.5, 0.6) is 0 Å². The normalized spacial score (nSPS) is 22.0. The first-order valence-electron chi connectivity index (χ1n) is 8.70. The fourth-order valence-corrected chi connectivity index (χ4v) is 5.47. The fourth-order valence-electron chi connectivity index (χ4n) is 2.95. The molecule has 9 heteroatoms. The summed E-state index contributed by atoms with van der Waals surface area (Å²) in [4.78, 5) is -0.0355. The summed E-state index contributed by atoms with van der Waals surface area (Å²) in [5.41, 5.74) is 0. The monoisotopic (exact) mass is 387 g/mol. The smallest absolute Gasteiger partial charge is 0.240 e. The van der Waals surface area contributed by atoms with Gasteiger partial charge in [-0.15, -0.1) is 0 Å². The molecule has 0 radical (unpaired) electrons. The van der Waals surface area contributed by atoms with Gasteiger partial charge in [0.2, 0.25) is 20.0 Å². The van der Waals surface area contributed by atoms with E-state index in [1.54, 1.807) is 0 Å². The highest BCUT2D eigenvalue weighted by atomic mass is 32.2. The molecule has 0 bridgehead atoms. The van der Waals surface area contributed by atoms with Gasteiger partial charge in [-0.25, -0.2) is 26.3 Å². The molecule has 2 aliphatic rings. The molecule has 2 fully saturated rings. The zero-order chi connectivity index (χ0) is 17.9. The standard InChI is InChI=1S/C16H25N3O4S2/c20-24(21,18-10-8-13-3-2-9-17-12-13)15-4-1-5-16(11-15)25(22,23)19-14-6-7-14/h1,4-5,11,13-14,17-19H,2-3,6-10,12H2. The van der Waals surface area contributed by atoms with Crippen LogP contribution in [0.4, 0.5) is 0 Å². The van der Waals surface area contributed by atoms with Crippen LogP contribution < -0.4 is 14.8 Å². The molecule has 0 amide bonds. The molecule has 0 spiro atoms. The van der Waals surface area contributed by atoms with Crippen molar-refractivity contribution in [1.82, 2.24) is 14.8 Å². The van der Waals surface area contributed by atoms with Crippen molar-refractivity contribution in [3.63, 3.8) is 0 Å². The number of benzene rings is 1. The Labute approximate surface area is 149 Å². The molecule has 1 aromatic rings. The number of sulfonamides is 2. The summed E-state index contributed by atoms with van der Waals surface area (Å²) >= 11 is 0. The van der Waals surface area contributed by atoms with Gasteiger partial charge in [-0.1, -0.05) is 6.07 Å². The maximum atomic E-state index is 12.4. The molecule has 1 unspecified atom stereocenters. The Bertz CT molecular complexity index is 798. The van der Waals surface area contributed by atoms with Crippen LogP contribution in [-0.4, -0.2) is 42.5 Å². The average molecular weight is 388 g/mol. The number of hydrogen-bond donors (Lipinski definition) is 3. The lowest BCUT2D eigenvalue weighted by Crippen LogP contribution is -2.33. The Hall–Kier alpha value is -1.00. The molecule has 1 heterocycles. The minimum absolute atomic E-state index is 0.0150. The number of hydrogen-bond acceptors (Lipinski definition) is 5. The molecule has 3 rings (SSSR count). The van der Waals surface area contributed by atoms with Crippen molar-refractivity contribution >= 4 is 20.0 Å². The summed E-state index contributed by atoms with van der Waals surface area (Å²) in [6.07, 6.45) is 4.65. The highest BCUT2D eigenvalue weighted by molar-refractivity contribution is 7.90. The van der Waals surface area contributed by atoms with E-state index in [-0.39, 0.29) is 15.8 Å². The first kappa shape index (κ1) is 18.8. The topological polar surface area (TPSA) is 104 Å². The fraction of sp³-hybridized carbons (Fsp3) is 0.625. The summed E-state index contributed by atoms with van der Waals surface area (Å²) in [6, 6.07) is 5.49. The van der Waals surface area contributed by atoms with E-state index in [4.69, 9.17) is 0 Å². The largest absolute Gasteiger partial charge is 0.316 e. The highest BCUT2D eigenvalue weighted by Gasteiger charge is 2.28. The van der Waals surface area contributed by atoms with E-state index in [1.807, 2.05) is 0 Å². The zero-order valence-corrected chi connectivity index (χ0v) is 15.7. The van der Waals surface area contributed by atoms with Gasteiger partial charge in [0.15, 0.2) is 0 Å². The first-order valence-corrected chi connectivity index (χ1v) is 11.7. The summed E-state index contributed by atoms with van der Waals surface area (Å²) < 4.78 is 54.5. The molecule has 1 saturated heterocycles. The molecule has 1 aliphatic carbocycles. The molecular formula is C16H25N3O4S2. The van der Waals surface area contributed by atoms with Gasteiger partial charge in [0.05, 0.1) is 9.79 Å². The second-order valence-electron chi connectivity index (χ2n) is 6.77. The third kappa shape index (κ3) is 5.24. The highest BCUT2D eigenvalue weighted by Crippen LogP contribution is 2.23. The second kappa shape index (κ2) is 7.71. The zero-order valence-electron chi connectivity index (χ0n) is 14.1. The Morgan fingerprint density at radius 2 is 1.76 bits per heavy atom. The van der Waals surface area contributed by atoms with Gasteiger partial charge in [-0.05, 0) is 69.3 Å². The van der Waals surface area contributed by atoms with Crippen LogP contribution in [0.3, 0.4) is 0 Å². The van der Waals surface area contributed by atoms with E-state index in [0.29, 0.717) is 12.5 Å². The van der Waals surface area contributed by atoms with Crippen molar-refractivity contribution in [3.8, 4) is 0 Å². The minimum atomic E-state index is -3.72. The van der Waals surface area contributed by atoms with E-state index >= 15 is 0 Å².